The van der Waals surface area contributed by atoms with Crippen LogP contribution >= 0.6 is 0 Å². The summed E-state index contributed by atoms with van der Waals surface area (Å²) in [6, 6.07) is 14.2. The number of aromatic amines is 1. The first-order valence-corrected chi connectivity index (χ1v) is 10.0. The number of nitrogens with one attached hydrogen (secondary N) is 1. The zero-order valence-corrected chi connectivity index (χ0v) is 16.4. The van der Waals surface area contributed by atoms with Gasteiger partial charge < -0.3 is 9.30 Å². The maximum Gasteiger partial charge on any atom is 0.274 e. The molecule has 3 aromatic heterocycles. The van der Waals surface area contributed by atoms with Crippen molar-refractivity contribution >= 4 is 11.6 Å². The monoisotopic (exact) mass is 385 g/mol. The van der Waals surface area contributed by atoms with Gasteiger partial charge in [-0.2, -0.15) is 5.10 Å². The Balaban J connectivity index is 1.32. The maximum absolute atomic E-state index is 12.9. The lowest BCUT2D eigenvalue weighted by atomic mass is 9.88. The Morgan fingerprint density at radius 3 is 2.66 bits per heavy atom. The van der Waals surface area contributed by atoms with Gasteiger partial charge in [0.1, 0.15) is 11.3 Å². The van der Waals surface area contributed by atoms with Crippen molar-refractivity contribution in [2.75, 3.05) is 13.1 Å². The van der Waals surface area contributed by atoms with Gasteiger partial charge in [0.05, 0.1) is 6.20 Å². The summed E-state index contributed by atoms with van der Waals surface area (Å²) in [4.78, 5) is 19.3. The lowest BCUT2D eigenvalue weighted by Gasteiger charge is -2.31. The predicted molar refractivity (Wildman–Crippen MR) is 112 cm³/mol. The van der Waals surface area contributed by atoms with Crippen molar-refractivity contribution < 1.29 is 4.79 Å². The second-order valence-electron chi connectivity index (χ2n) is 7.67. The second-order valence-corrected chi connectivity index (χ2v) is 7.67. The number of nitrogens with zero attached hydrogens (tertiary/aromatic N) is 4. The molecule has 0 saturated carbocycles. The van der Waals surface area contributed by atoms with Crippen molar-refractivity contribution in [2.45, 2.75) is 25.7 Å². The Bertz CT molecular complexity index is 1130. The number of amides is 1. The number of hydrogen-bond acceptors (Lipinski definition) is 3. The molecule has 6 heteroatoms. The number of rotatable bonds is 3. The van der Waals surface area contributed by atoms with Crippen molar-refractivity contribution in [3.8, 4) is 11.1 Å². The van der Waals surface area contributed by atoms with Crippen molar-refractivity contribution in [1.82, 2.24) is 24.5 Å². The molecule has 4 heterocycles. The van der Waals surface area contributed by atoms with Crippen LogP contribution in [0.25, 0.3) is 16.8 Å². The topological polar surface area (TPSA) is 66.3 Å². The average Bonchev–Trinajstić information content (AvgIpc) is 3.41. The summed E-state index contributed by atoms with van der Waals surface area (Å²) in [7, 11) is 0. The number of likely N-dealkylation sites (tertiary alicyclic amines) is 1. The summed E-state index contributed by atoms with van der Waals surface area (Å²) >= 11 is 0. The molecule has 5 rings (SSSR count). The summed E-state index contributed by atoms with van der Waals surface area (Å²) in [5.74, 6) is 0.383. The fraction of sp³-hybridized carbons (Fsp3) is 0.261. The van der Waals surface area contributed by atoms with Crippen molar-refractivity contribution in [1.29, 1.82) is 0 Å². The molecule has 0 aliphatic carbocycles. The normalized spacial score (nSPS) is 15.1. The molecule has 1 aromatic carbocycles. The van der Waals surface area contributed by atoms with Crippen LogP contribution in [0.4, 0.5) is 0 Å². The standard InChI is InChI=1S/C23H23N5O/c1-16-6-2-3-7-18(16)19-14-24-26-22(19)17-9-12-27(13-10-17)23(29)20-15-28-11-5-4-8-21(28)25-20/h2-8,11,14-15,17H,9-10,12-13H2,1H3,(H,24,26). The van der Waals surface area contributed by atoms with E-state index in [4.69, 9.17) is 0 Å². The number of carbonyl (C=O) groups excluding carboxylic acids is 1. The Morgan fingerprint density at radius 2 is 1.86 bits per heavy atom. The molecular formula is C23H23N5O. The molecule has 1 fully saturated rings. The van der Waals surface area contributed by atoms with Crippen LogP contribution in [0.15, 0.2) is 61.1 Å². The maximum atomic E-state index is 12.9. The molecule has 0 atom stereocenters. The van der Waals surface area contributed by atoms with Gasteiger partial charge in [0.25, 0.3) is 5.91 Å². The van der Waals surface area contributed by atoms with Crippen molar-refractivity contribution in [3.05, 3.63) is 78.0 Å². The number of imidazole rings is 1. The number of piperidine rings is 1. The number of carbonyl (C=O) groups is 1. The Labute approximate surface area is 169 Å². The lowest BCUT2D eigenvalue weighted by molar-refractivity contribution is 0.0707. The van der Waals surface area contributed by atoms with Crippen LogP contribution in [0.2, 0.25) is 0 Å². The van der Waals surface area contributed by atoms with E-state index in [1.54, 1.807) is 0 Å². The van der Waals surface area contributed by atoms with Crippen LogP contribution in [0.1, 0.15) is 40.5 Å². The molecular weight excluding hydrogens is 362 g/mol. The molecule has 1 N–H and O–H groups in total. The summed E-state index contributed by atoms with van der Waals surface area (Å²) in [6.07, 6.45) is 7.48. The number of aryl methyl sites for hydroxylation is 1. The van der Waals surface area contributed by atoms with Gasteiger partial charge in [0.2, 0.25) is 0 Å². The quantitative estimate of drug-likeness (QED) is 0.578. The van der Waals surface area contributed by atoms with Crippen LogP contribution in [-0.2, 0) is 0 Å². The highest BCUT2D eigenvalue weighted by atomic mass is 16.2. The van der Waals surface area contributed by atoms with E-state index in [2.05, 4.69) is 46.4 Å². The van der Waals surface area contributed by atoms with E-state index < -0.39 is 0 Å². The highest BCUT2D eigenvalue weighted by Crippen LogP contribution is 2.35. The van der Waals surface area contributed by atoms with Crippen LogP contribution < -0.4 is 0 Å². The van der Waals surface area contributed by atoms with E-state index in [0.717, 1.165) is 31.6 Å². The van der Waals surface area contributed by atoms with Crippen LogP contribution in [0.3, 0.4) is 0 Å². The Morgan fingerprint density at radius 1 is 1.07 bits per heavy atom. The largest absolute Gasteiger partial charge is 0.337 e. The minimum Gasteiger partial charge on any atom is -0.337 e. The van der Waals surface area contributed by atoms with E-state index in [-0.39, 0.29) is 5.91 Å². The first kappa shape index (κ1) is 17.7. The highest BCUT2D eigenvalue weighted by Gasteiger charge is 2.28. The summed E-state index contributed by atoms with van der Waals surface area (Å²) in [5.41, 5.74) is 6.13. The minimum absolute atomic E-state index is 0.0101. The number of aromatic nitrogens is 4. The number of pyridine rings is 1. The molecule has 0 unspecified atom stereocenters. The zero-order valence-electron chi connectivity index (χ0n) is 16.4. The lowest BCUT2D eigenvalue weighted by Crippen LogP contribution is -2.38. The fourth-order valence-electron chi connectivity index (χ4n) is 4.27. The highest BCUT2D eigenvalue weighted by molar-refractivity contribution is 5.93. The van der Waals surface area contributed by atoms with Gasteiger partial charge in [-0.25, -0.2) is 4.98 Å². The molecule has 29 heavy (non-hydrogen) atoms. The van der Waals surface area contributed by atoms with E-state index >= 15 is 0 Å². The molecule has 1 aliphatic rings. The fourth-order valence-corrected chi connectivity index (χ4v) is 4.27. The molecule has 1 saturated heterocycles. The molecule has 146 valence electrons. The van der Waals surface area contributed by atoms with Crippen LogP contribution in [-0.4, -0.2) is 43.5 Å². The summed E-state index contributed by atoms with van der Waals surface area (Å²) < 4.78 is 1.89. The summed E-state index contributed by atoms with van der Waals surface area (Å²) in [6.45, 7) is 3.58. The molecule has 1 amide bonds. The van der Waals surface area contributed by atoms with E-state index in [0.29, 0.717) is 11.6 Å². The molecule has 0 bridgehead atoms. The van der Waals surface area contributed by atoms with Crippen LogP contribution in [0.5, 0.6) is 0 Å². The van der Waals surface area contributed by atoms with Crippen LogP contribution in [0, 0.1) is 6.92 Å². The number of benzene rings is 1. The van der Waals surface area contributed by atoms with E-state index in [1.807, 2.05) is 46.1 Å². The average molecular weight is 385 g/mol. The second kappa shape index (κ2) is 7.20. The molecule has 1 aliphatic heterocycles. The third-order valence-corrected chi connectivity index (χ3v) is 5.88. The molecule has 6 nitrogen and oxygen atoms in total. The smallest absolute Gasteiger partial charge is 0.274 e. The zero-order chi connectivity index (χ0) is 19.8. The van der Waals surface area contributed by atoms with Gasteiger partial charge in [-0.3, -0.25) is 9.89 Å². The van der Waals surface area contributed by atoms with Gasteiger partial charge in [-0.05, 0) is 43.0 Å². The SMILES string of the molecule is Cc1ccccc1-c1cn[nH]c1C1CCN(C(=O)c2cn3ccccc3n2)CC1. The number of H-pyrrole nitrogens is 1. The number of fused-ring (bicyclic) bond motifs is 1. The first-order chi connectivity index (χ1) is 14.2. The van der Waals surface area contributed by atoms with Gasteiger partial charge in [0.15, 0.2) is 0 Å². The van der Waals surface area contributed by atoms with Crippen molar-refractivity contribution in [2.24, 2.45) is 0 Å². The predicted octanol–water partition coefficient (Wildman–Crippen LogP) is 4.05. The third-order valence-electron chi connectivity index (χ3n) is 5.88. The Kier molecular flexibility index (Phi) is 4.39. The number of hydrogen-bond donors (Lipinski definition) is 1. The molecule has 0 radical (unpaired) electrons. The third kappa shape index (κ3) is 3.20. The van der Waals surface area contributed by atoms with Crippen molar-refractivity contribution in [3.63, 3.8) is 0 Å². The minimum atomic E-state index is 0.0101. The molecule has 4 aromatic rings. The van der Waals surface area contributed by atoms with Gasteiger partial charge in [0, 0.05) is 42.7 Å². The first-order valence-electron chi connectivity index (χ1n) is 10.0. The van der Waals surface area contributed by atoms with Gasteiger partial charge >= 0.3 is 0 Å². The van der Waals surface area contributed by atoms with Gasteiger partial charge in [-0.1, -0.05) is 30.3 Å². The summed E-state index contributed by atoms with van der Waals surface area (Å²) in [5, 5.41) is 7.55. The van der Waals surface area contributed by atoms with E-state index in [1.165, 1.54) is 22.4 Å². The van der Waals surface area contributed by atoms with E-state index in [9.17, 15) is 4.79 Å². The van der Waals surface area contributed by atoms with Gasteiger partial charge in [-0.15, -0.1) is 0 Å². The molecule has 0 spiro atoms. The Hall–Kier alpha value is -3.41.